The summed E-state index contributed by atoms with van der Waals surface area (Å²) in [5, 5.41) is 3.39. The van der Waals surface area contributed by atoms with Gasteiger partial charge >= 0.3 is 0 Å². The van der Waals surface area contributed by atoms with Gasteiger partial charge in [-0.2, -0.15) is 4.98 Å². The van der Waals surface area contributed by atoms with Crippen LogP contribution in [0.4, 0.5) is 11.5 Å². The van der Waals surface area contributed by atoms with Gasteiger partial charge in [-0.15, -0.1) is 0 Å². The third-order valence-corrected chi connectivity index (χ3v) is 3.64. The Bertz CT molecular complexity index is 444. The molecule has 1 saturated heterocycles. The largest absolute Gasteiger partial charge is 0.473 e. The number of pyridine rings is 1. The van der Waals surface area contributed by atoms with Crippen molar-refractivity contribution in [3.8, 4) is 5.88 Å². The molecule has 21 heavy (non-hydrogen) atoms. The van der Waals surface area contributed by atoms with Crippen molar-refractivity contribution >= 4 is 11.5 Å². The fourth-order valence-electron chi connectivity index (χ4n) is 2.62. The lowest BCUT2D eigenvalue weighted by atomic mass is 10.1. The van der Waals surface area contributed by atoms with Gasteiger partial charge in [0.2, 0.25) is 5.88 Å². The highest BCUT2D eigenvalue weighted by Crippen LogP contribution is 2.22. The van der Waals surface area contributed by atoms with Gasteiger partial charge in [-0.25, -0.2) is 0 Å². The zero-order valence-corrected chi connectivity index (χ0v) is 13.4. The SMILES string of the molecule is CC(CNc1ccc(N)c(OC(C)C)n1)CN1CCCC1. The number of rotatable bonds is 7. The molecule has 0 spiro atoms. The third kappa shape index (κ3) is 5.08. The van der Waals surface area contributed by atoms with Crippen LogP contribution in [0.3, 0.4) is 0 Å². The maximum absolute atomic E-state index is 5.88. The van der Waals surface area contributed by atoms with Gasteiger partial charge in [0.25, 0.3) is 0 Å². The molecular formula is C16H28N4O. The van der Waals surface area contributed by atoms with Gasteiger partial charge in [-0.1, -0.05) is 6.92 Å². The number of nitrogens with one attached hydrogen (secondary N) is 1. The van der Waals surface area contributed by atoms with Crippen LogP contribution in [0, 0.1) is 5.92 Å². The summed E-state index contributed by atoms with van der Waals surface area (Å²) in [4.78, 5) is 6.98. The predicted octanol–water partition coefficient (Wildman–Crippen LogP) is 2.59. The van der Waals surface area contributed by atoms with Crippen LogP contribution in [0.2, 0.25) is 0 Å². The van der Waals surface area contributed by atoms with Crippen LogP contribution >= 0.6 is 0 Å². The van der Waals surface area contributed by atoms with Crippen LogP contribution in [-0.4, -0.2) is 42.2 Å². The van der Waals surface area contributed by atoms with Crippen LogP contribution in [-0.2, 0) is 0 Å². The highest BCUT2D eigenvalue weighted by Gasteiger charge is 2.14. The highest BCUT2D eigenvalue weighted by atomic mass is 16.5. The van der Waals surface area contributed by atoms with E-state index in [2.05, 4.69) is 22.1 Å². The number of nitrogens with two attached hydrogens (primary N) is 1. The minimum absolute atomic E-state index is 0.0733. The summed E-state index contributed by atoms with van der Waals surface area (Å²) in [6.07, 6.45) is 2.76. The second-order valence-electron chi connectivity index (χ2n) is 6.25. The Morgan fingerprint density at radius 1 is 1.29 bits per heavy atom. The Kier molecular flexibility index (Phi) is 5.67. The summed E-state index contributed by atoms with van der Waals surface area (Å²) in [6.45, 7) is 10.8. The number of likely N-dealkylation sites (tertiary alicyclic amines) is 1. The van der Waals surface area contributed by atoms with Crippen LogP contribution in [0.5, 0.6) is 5.88 Å². The van der Waals surface area contributed by atoms with Crippen molar-refractivity contribution in [1.29, 1.82) is 0 Å². The lowest BCUT2D eigenvalue weighted by molar-refractivity contribution is 0.234. The molecule has 3 N–H and O–H groups in total. The van der Waals surface area contributed by atoms with E-state index in [1.54, 1.807) is 0 Å². The summed E-state index contributed by atoms with van der Waals surface area (Å²) in [7, 11) is 0. The van der Waals surface area contributed by atoms with E-state index in [0.29, 0.717) is 17.5 Å². The first-order valence-corrected chi connectivity index (χ1v) is 7.94. The van der Waals surface area contributed by atoms with E-state index < -0.39 is 0 Å². The number of nitrogens with zero attached hydrogens (tertiary/aromatic N) is 2. The molecule has 118 valence electrons. The topological polar surface area (TPSA) is 63.4 Å². The van der Waals surface area contributed by atoms with E-state index in [1.807, 2.05) is 26.0 Å². The van der Waals surface area contributed by atoms with E-state index in [4.69, 9.17) is 10.5 Å². The third-order valence-electron chi connectivity index (χ3n) is 3.64. The second-order valence-corrected chi connectivity index (χ2v) is 6.25. The van der Waals surface area contributed by atoms with E-state index in [9.17, 15) is 0 Å². The van der Waals surface area contributed by atoms with E-state index in [-0.39, 0.29) is 6.10 Å². The quantitative estimate of drug-likeness (QED) is 0.809. The summed E-state index contributed by atoms with van der Waals surface area (Å²) in [5.74, 6) is 1.94. The molecule has 1 aliphatic heterocycles. The number of aromatic nitrogens is 1. The molecule has 0 bridgehead atoms. The molecule has 0 saturated carbocycles. The monoisotopic (exact) mass is 292 g/mol. The van der Waals surface area contributed by atoms with Gasteiger partial charge in [-0.3, -0.25) is 0 Å². The fourth-order valence-corrected chi connectivity index (χ4v) is 2.62. The van der Waals surface area contributed by atoms with Crippen molar-refractivity contribution in [2.24, 2.45) is 5.92 Å². The zero-order valence-electron chi connectivity index (χ0n) is 13.4. The first-order chi connectivity index (χ1) is 10.0. The Balaban J connectivity index is 1.84. The Hall–Kier alpha value is -1.49. The number of anilines is 2. The zero-order chi connectivity index (χ0) is 15.2. The van der Waals surface area contributed by atoms with Gasteiger partial charge in [0.05, 0.1) is 11.8 Å². The van der Waals surface area contributed by atoms with Crippen molar-refractivity contribution in [3.05, 3.63) is 12.1 Å². The minimum Gasteiger partial charge on any atom is -0.473 e. The van der Waals surface area contributed by atoms with Crippen LogP contribution in [0.25, 0.3) is 0 Å². The molecular weight excluding hydrogens is 264 g/mol. The highest BCUT2D eigenvalue weighted by molar-refractivity contribution is 5.53. The molecule has 1 unspecified atom stereocenters. The van der Waals surface area contributed by atoms with E-state index in [0.717, 1.165) is 18.9 Å². The lowest BCUT2D eigenvalue weighted by Gasteiger charge is -2.21. The maximum atomic E-state index is 5.88. The Morgan fingerprint density at radius 2 is 2.00 bits per heavy atom. The van der Waals surface area contributed by atoms with Gasteiger partial charge in [-0.05, 0) is 57.8 Å². The van der Waals surface area contributed by atoms with Crippen molar-refractivity contribution in [2.75, 3.05) is 37.2 Å². The van der Waals surface area contributed by atoms with Crippen molar-refractivity contribution in [2.45, 2.75) is 39.7 Å². The molecule has 0 aromatic carbocycles. The van der Waals surface area contributed by atoms with E-state index in [1.165, 1.54) is 25.9 Å². The van der Waals surface area contributed by atoms with Crippen molar-refractivity contribution in [1.82, 2.24) is 9.88 Å². The Labute approximate surface area is 127 Å². The molecule has 2 rings (SSSR count). The smallest absolute Gasteiger partial charge is 0.239 e. The Morgan fingerprint density at radius 3 is 2.67 bits per heavy atom. The molecule has 5 heteroatoms. The molecule has 1 aromatic rings. The molecule has 1 fully saturated rings. The molecule has 0 radical (unpaired) electrons. The summed E-state index contributed by atoms with van der Waals surface area (Å²) in [5.41, 5.74) is 6.46. The molecule has 0 aliphatic carbocycles. The van der Waals surface area contributed by atoms with E-state index >= 15 is 0 Å². The van der Waals surface area contributed by atoms with Gasteiger partial charge < -0.3 is 20.7 Å². The maximum Gasteiger partial charge on any atom is 0.239 e. The van der Waals surface area contributed by atoms with Crippen LogP contribution < -0.4 is 15.8 Å². The van der Waals surface area contributed by atoms with Crippen LogP contribution in [0.15, 0.2) is 12.1 Å². The first-order valence-electron chi connectivity index (χ1n) is 7.94. The molecule has 2 heterocycles. The summed E-state index contributed by atoms with van der Waals surface area (Å²) >= 11 is 0. The number of ether oxygens (including phenoxy) is 1. The number of hydrogen-bond donors (Lipinski definition) is 2. The van der Waals surface area contributed by atoms with Crippen LogP contribution in [0.1, 0.15) is 33.6 Å². The predicted molar refractivity (Wildman–Crippen MR) is 87.7 cm³/mol. The first kappa shape index (κ1) is 15.9. The molecule has 1 aromatic heterocycles. The molecule has 1 atom stereocenters. The normalized spacial score (nSPS) is 17.1. The second kappa shape index (κ2) is 7.50. The number of hydrogen-bond acceptors (Lipinski definition) is 5. The fraction of sp³-hybridized carbons (Fsp3) is 0.688. The average molecular weight is 292 g/mol. The van der Waals surface area contributed by atoms with Gasteiger partial charge in [0.15, 0.2) is 0 Å². The molecule has 0 amide bonds. The summed E-state index contributed by atoms with van der Waals surface area (Å²) < 4.78 is 5.62. The average Bonchev–Trinajstić information content (AvgIpc) is 2.92. The molecule has 1 aliphatic rings. The minimum atomic E-state index is 0.0733. The standard InChI is InChI=1S/C16H28N4O/c1-12(2)21-16-14(17)6-7-15(19-16)18-10-13(3)11-20-8-4-5-9-20/h6-7,12-13H,4-5,8-11,17H2,1-3H3,(H,18,19). The van der Waals surface area contributed by atoms with Crippen molar-refractivity contribution in [3.63, 3.8) is 0 Å². The number of nitrogen functional groups attached to an aromatic ring is 1. The summed E-state index contributed by atoms with van der Waals surface area (Å²) in [6, 6.07) is 3.75. The van der Waals surface area contributed by atoms with Crippen molar-refractivity contribution < 1.29 is 4.74 Å². The molecule has 5 nitrogen and oxygen atoms in total. The van der Waals surface area contributed by atoms with Gasteiger partial charge in [0, 0.05) is 13.1 Å². The van der Waals surface area contributed by atoms with Gasteiger partial charge in [0.1, 0.15) is 5.82 Å². The lowest BCUT2D eigenvalue weighted by Crippen LogP contribution is -2.29.